The lowest BCUT2D eigenvalue weighted by molar-refractivity contribution is -0.121. The monoisotopic (exact) mass is 254 g/mol. The number of pyridine rings is 1. The van der Waals surface area contributed by atoms with E-state index in [9.17, 15) is 4.79 Å². The summed E-state index contributed by atoms with van der Waals surface area (Å²) in [6.45, 7) is 2.08. The second-order valence-electron chi connectivity index (χ2n) is 5.34. The molecule has 1 fully saturated rings. The van der Waals surface area contributed by atoms with Crippen LogP contribution >= 0.6 is 0 Å². The molecule has 1 aliphatic rings. The molecule has 0 saturated heterocycles. The summed E-state index contributed by atoms with van der Waals surface area (Å²) in [5.74, 6) is 0.147. The highest BCUT2D eigenvalue weighted by atomic mass is 16.1. The summed E-state index contributed by atoms with van der Waals surface area (Å²) < 4.78 is 0. The Balaban J connectivity index is 1.67. The van der Waals surface area contributed by atoms with Gasteiger partial charge in [0.2, 0.25) is 5.91 Å². The molecule has 0 atom stereocenters. The van der Waals surface area contributed by atoms with Crippen LogP contribution in [0.1, 0.15) is 30.5 Å². The van der Waals surface area contributed by atoms with Crippen LogP contribution < -0.4 is 5.32 Å². The third-order valence-electron chi connectivity index (χ3n) is 3.45. The van der Waals surface area contributed by atoms with Crippen LogP contribution in [0.3, 0.4) is 0 Å². The van der Waals surface area contributed by atoms with Crippen molar-refractivity contribution in [2.24, 2.45) is 0 Å². The number of aromatic nitrogens is 1. The minimum absolute atomic E-state index is 0.147. The Kier molecular flexibility index (Phi) is 3.20. The van der Waals surface area contributed by atoms with Crippen LogP contribution in [0.25, 0.3) is 10.9 Å². The molecule has 2 aromatic rings. The minimum atomic E-state index is 0.147. The maximum atomic E-state index is 11.6. The van der Waals surface area contributed by atoms with Crippen molar-refractivity contribution >= 4 is 16.8 Å². The van der Waals surface area contributed by atoms with E-state index in [4.69, 9.17) is 0 Å². The van der Waals surface area contributed by atoms with Crippen LogP contribution in [0.5, 0.6) is 0 Å². The zero-order valence-corrected chi connectivity index (χ0v) is 11.1. The predicted octanol–water partition coefficient (Wildman–Crippen LogP) is 2.75. The highest BCUT2D eigenvalue weighted by molar-refractivity contribution is 5.80. The second kappa shape index (κ2) is 5.00. The van der Waals surface area contributed by atoms with Crippen molar-refractivity contribution in [3.63, 3.8) is 0 Å². The van der Waals surface area contributed by atoms with Crippen molar-refractivity contribution in [1.29, 1.82) is 0 Å². The number of amides is 1. The number of aryl methyl sites for hydroxylation is 2. The van der Waals surface area contributed by atoms with E-state index < -0.39 is 0 Å². The van der Waals surface area contributed by atoms with Gasteiger partial charge in [0, 0.05) is 23.5 Å². The van der Waals surface area contributed by atoms with E-state index in [0.717, 1.165) is 29.4 Å². The first-order valence-electron chi connectivity index (χ1n) is 6.86. The third-order valence-corrected chi connectivity index (χ3v) is 3.45. The summed E-state index contributed by atoms with van der Waals surface area (Å²) >= 11 is 0. The second-order valence-corrected chi connectivity index (χ2v) is 5.34. The van der Waals surface area contributed by atoms with E-state index in [1.54, 1.807) is 0 Å². The van der Waals surface area contributed by atoms with Crippen LogP contribution in [-0.4, -0.2) is 16.9 Å². The molecule has 1 heterocycles. The SMILES string of the molecule is Cc1ccc2nc(CCC(=O)NC3CC3)ccc2c1. The molecule has 98 valence electrons. The molecule has 0 radical (unpaired) electrons. The summed E-state index contributed by atoms with van der Waals surface area (Å²) in [6.07, 6.45) is 3.52. The van der Waals surface area contributed by atoms with Gasteiger partial charge >= 0.3 is 0 Å². The van der Waals surface area contributed by atoms with E-state index >= 15 is 0 Å². The van der Waals surface area contributed by atoms with Crippen LogP contribution in [0, 0.1) is 6.92 Å². The van der Waals surface area contributed by atoms with E-state index in [0.29, 0.717) is 18.9 Å². The van der Waals surface area contributed by atoms with Crippen LogP contribution in [0.2, 0.25) is 0 Å². The first-order valence-corrected chi connectivity index (χ1v) is 6.86. The summed E-state index contributed by atoms with van der Waals surface area (Å²) in [4.78, 5) is 16.2. The molecule has 1 aromatic heterocycles. The fraction of sp³-hybridized carbons (Fsp3) is 0.375. The Hall–Kier alpha value is -1.90. The molecule has 0 bridgehead atoms. The van der Waals surface area contributed by atoms with Crippen molar-refractivity contribution < 1.29 is 4.79 Å². The number of nitrogens with one attached hydrogen (secondary N) is 1. The first-order chi connectivity index (χ1) is 9.20. The van der Waals surface area contributed by atoms with Crippen LogP contribution in [0.15, 0.2) is 30.3 Å². The van der Waals surface area contributed by atoms with Crippen LogP contribution in [-0.2, 0) is 11.2 Å². The van der Waals surface area contributed by atoms with E-state index in [-0.39, 0.29) is 5.91 Å². The number of hydrogen-bond acceptors (Lipinski definition) is 2. The van der Waals surface area contributed by atoms with Crippen molar-refractivity contribution in [2.75, 3.05) is 0 Å². The normalized spacial score (nSPS) is 14.6. The molecule has 1 aromatic carbocycles. The Morgan fingerprint density at radius 3 is 2.95 bits per heavy atom. The van der Waals surface area contributed by atoms with Gasteiger partial charge in [-0.3, -0.25) is 9.78 Å². The molecule has 3 nitrogen and oxygen atoms in total. The van der Waals surface area contributed by atoms with E-state index in [1.807, 2.05) is 12.1 Å². The van der Waals surface area contributed by atoms with E-state index in [1.165, 1.54) is 5.56 Å². The van der Waals surface area contributed by atoms with Crippen molar-refractivity contribution in [3.05, 3.63) is 41.6 Å². The van der Waals surface area contributed by atoms with Gasteiger partial charge in [0.15, 0.2) is 0 Å². The largest absolute Gasteiger partial charge is 0.353 e. The fourth-order valence-corrected chi connectivity index (χ4v) is 2.20. The number of benzene rings is 1. The van der Waals surface area contributed by atoms with Gasteiger partial charge in [-0.15, -0.1) is 0 Å². The maximum absolute atomic E-state index is 11.6. The Labute approximate surface area is 113 Å². The number of fused-ring (bicyclic) bond motifs is 1. The highest BCUT2D eigenvalue weighted by Gasteiger charge is 2.22. The number of hydrogen-bond donors (Lipinski definition) is 1. The molecule has 19 heavy (non-hydrogen) atoms. The first kappa shape index (κ1) is 12.2. The smallest absolute Gasteiger partial charge is 0.220 e. The molecule has 1 saturated carbocycles. The summed E-state index contributed by atoms with van der Waals surface area (Å²) in [5.41, 5.74) is 3.24. The van der Waals surface area contributed by atoms with Gasteiger partial charge in [0.05, 0.1) is 5.52 Å². The van der Waals surface area contributed by atoms with Crippen molar-refractivity contribution in [1.82, 2.24) is 10.3 Å². The molecular weight excluding hydrogens is 236 g/mol. The molecule has 1 N–H and O–H groups in total. The zero-order chi connectivity index (χ0) is 13.2. The van der Waals surface area contributed by atoms with Gasteiger partial charge in [-0.2, -0.15) is 0 Å². The number of carbonyl (C=O) groups excluding carboxylic acids is 1. The van der Waals surface area contributed by atoms with Crippen molar-refractivity contribution in [2.45, 2.75) is 38.6 Å². The number of rotatable bonds is 4. The number of nitrogens with zero attached hydrogens (tertiary/aromatic N) is 1. The zero-order valence-electron chi connectivity index (χ0n) is 11.1. The Morgan fingerprint density at radius 1 is 1.32 bits per heavy atom. The quantitative estimate of drug-likeness (QED) is 0.911. The van der Waals surface area contributed by atoms with Gasteiger partial charge in [0.1, 0.15) is 0 Å². The average Bonchev–Trinajstić information content (AvgIpc) is 3.20. The van der Waals surface area contributed by atoms with Gasteiger partial charge in [-0.25, -0.2) is 0 Å². The van der Waals surface area contributed by atoms with Gasteiger partial charge in [-0.1, -0.05) is 17.7 Å². The predicted molar refractivity (Wildman–Crippen MR) is 76.0 cm³/mol. The standard InChI is InChI=1S/C16H18N2O/c1-11-2-8-15-12(10-11)3-4-13(17-15)7-9-16(19)18-14-5-6-14/h2-4,8,10,14H,5-7,9H2,1H3,(H,18,19). The van der Waals surface area contributed by atoms with E-state index in [2.05, 4.69) is 35.4 Å². The molecule has 1 amide bonds. The molecule has 0 spiro atoms. The Morgan fingerprint density at radius 2 is 2.16 bits per heavy atom. The average molecular weight is 254 g/mol. The molecule has 1 aliphatic carbocycles. The molecule has 3 rings (SSSR count). The lowest BCUT2D eigenvalue weighted by atomic mass is 10.1. The summed E-state index contributed by atoms with van der Waals surface area (Å²) in [6, 6.07) is 10.8. The lowest BCUT2D eigenvalue weighted by Gasteiger charge is -2.05. The van der Waals surface area contributed by atoms with Crippen LogP contribution in [0.4, 0.5) is 0 Å². The summed E-state index contributed by atoms with van der Waals surface area (Å²) in [5, 5.41) is 4.16. The molecule has 3 heteroatoms. The molecule has 0 aliphatic heterocycles. The van der Waals surface area contributed by atoms with Gasteiger partial charge in [0.25, 0.3) is 0 Å². The maximum Gasteiger partial charge on any atom is 0.220 e. The topological polar surface area (TPSA) is 42.0 Å². The van der Waals surface area contributed by atoms with Gasteiger partial charge in [-0.05, 0) is 44.4 Å². The highest BCUT2D eigenvalue weighted by Crippen LogP contribution is 2.19. The molecular formula is C16H18N2O. The van der Waals surface area contributed by atoms with Crippen molar-refractivity contribution in [3.8, 4) is 0 Å². The molecule has 0 unspecified atom stereocenters. The van der Waals surface area contributed by atoms with Gasteiger partial charge < -0.3 is 5.32 Å². The summed E-state index contributed by atoms with van der Waals surface area (Å²) in [7, 11) is 0. The Bertz CT molecular complexity index is 617. The number of carbonyl (C=O) groups is 1. The minimum Gasteiger partial charge on any atom is -0.353 e. The fourth-order valence-electron chi connectivity index (χ4n) is 2.20. The third kappa shape index (κ3) is 3.11. The lowest BCUT2D eigenvalue weighted by Crippen LogP contribution is -2.25.